The maximum atomic E-state index is 12.8. The number of fused-ring (bicyclic) bond motifs is 1. The Hall–Kier alpha value is -2.43. The van der Waals surface area contributed by atoms with Gasteiger partial charge in [-0.2, -0.15) is 0 Å². The number of allylic oxidation sites excluding steroid dienone is 2. The quantitative estimate of drug-likeness (QED) is 0.607. The van der Waals surface area contributed by atoms with Crippen LogP contribution in [0.2, 0.25) is 0 Å². The Kier molecular flexibility index (Phi) is 4.39. The van der Waals surface area contributed by atoms with Gasteiger partial charge in [0.25, 0.3) is 5.91 Å². The van der Waals surface area contributed by atoms with Crippen LogP contribution < -0.4 is 4.90 Å². The number of amides is 3. The van der Waals surface area contributed by atoms with Gasteiger partial charge in [-0.05, 0) is 63.3 Å². The van der Waals surface area contributed by atoms with E-state index in [4.69, 9.17) is 0 Å². The highest BCUT2D eigenvalue weighted by Crippen LogP contribution is 2.39. The second kappa shape index (κ2) is 6.71. The summed E-state index contributed by atoms with van der Waals surface area (Å²) >= 11 is 0. The van der Waals surface area contributed by atoms with Crippen molar-refractivity contribution in [2.24, 2.45) is 11.8 Å². The number of piperidine rings is 1. The molecule has 26 heavy (non-hydrogen) atoms. The first-order chi connectivity index (χ1) is 12.6. The largest absolute Gasteiger partial charge is 0.339 e. The third-order valence-electron chi connectivity index (χ3n) is 5.84. The first-order valence-corrected chi connectivity index (χ1v) is 9.49. The molecule has 0 spiro atoms. The molecule has 1 aromatic carbocycles. The summed E-state index contributed by atoms with van der Waals surface area (Å²) in [5.41, 5.74) is 2.36. The van der Waals surface area contributed by atoms with E-state index >= 15 is 0 Å². The minimum Gasteiger partial charge on any atom is -0.339 e. The predicted molar refractivity (Wildman–Crippen MR) is 98.7 cm³/mol. The molecule has 2 heterocycles. The van der Waals surface area contributed by atoms with Gasteiger partial charge in [-0.3, -0.25) is 19.3 Å². The molecule has 1 aliphatic carbocycles. The zero-order valence-corrected chi connectivity index (χ0v) is 15.1. The molecule has 5 nitrogen and oxygen atoms in total. The number of hydrogen-bond donors (Lipinski definition) is 0. The zero-order valence-electron chi connectivity index (χ0n) is 15.1. The van der Waals surface area contributed by atoms with Gasteiger partial charge in [0.2, 0.25) is 11.8 Å². The summed E-state index contributed by atoms with van der Waals surface area (Å²) in [6, 6.07) is 6.92. The maximum absolute atomic E-state index is 12.8. The summed E-state index contributed by atoms with van der Waals surface area (Å²) in [7, 11) is 0. The highest BCUT2D eigenvalue weighted by atomic mass is 16.2. The van der Waals surface area contributed by atoms with Crippen molar-refractivity contribution in [3.05, 3.63) is 41.5 Å². The number of benzene rings is 1. The molecule has 0 unspecified atom stereocenters. The number of likely N-dealkylation sites (tertiary alicyclic amines) is 1. The van der Waals surface area contributed by atoms with Gasteiger partial charge in [-0.1, -0.05) is 11.6 Å². The fourth-order valence-corrected chi connectivity index (χ4v) is 4.32. The van der Waals surface area contributed by atoms with Crippen LogP contribution in [0.15, 0.2) is 35.9 Å². The molecule has 2 atom stereocenters. The second-order valence-corrected chi connectivity index (χ2v) is 7.61. The molecule has 0 radical (unpaired) electrons. The Morgan fingerprint density at radius 3 is 2.31 bits per heavy atom. The van der Waals surface area contributed by atoms with Crippen molar-refractivity contribution < 1.29 is 14.4 Å². The minimum absolute atomic E-state index is 0.0313. The van der Waals surface area contributed by atoms with Gasteiger partial charge < -0.3 is 4.90 Å². The number of carbonyl (C=O) groups excluding carboxylic acids is 3. The van der Waals surface area contributed by atoms with Crippen LogP contribution >= 0.6 is 0 Å². The number of imide groups is 1. The van der Waals surface area contributed by atoms with Crippen molar-refractivity contribution in [3.8, 4) is 0 Å². The summed E-state index contributed by atoms with van der Waals surface area (Å²) in [6.45, 7) is 3.62. The molecule has 0 N–H and O–H groups in total. The Bertz CT molecular complexity index is 775. The van der Waals surface area contributed by atoms with Gasteiger partial charge in [-0.25, -0.2) is 0 Å². The van der Waals surface area contributed by atoms with Gasteiger partial charge >= 0.3 is 0 Å². The molecule has 2 saturated heterocycles. The number of anilines is 1. The number of nitrogens with zero attached hydrogens (tertiary/aromatic N) is 2. The van der Waals surface area contributed by atoms with E-state index in [0.717, 1.165) is 25.9 Å². The lowest BCUT2D eigenvalue weighted by Crippen LogP contribution is -2.35. The van der Waals surface area contributed by atoms with Gasteiger partial charge in [0.15, 0.2) is 0 Å². The van der Waals surface area contributed by atoms with Crippen LogP contribution in [-0.2, 0) is 9.59 Å². The molecular weight excluding hydrogens is 328 g/mol. The first kappa shape index (κ1) is 17.0. The molecule has 3 aliphatic rings. The monoisotopic (exact) mass is 352 g/mol. The Labute approximate surface area is 153 Å². The molecular formula is C21H24N2O3. The molecule has 2 aliphatic heterocycles. The van der Waals surface area contributed by atoms with Crippen molar-refractivity contribution in [2.45, 2.75) is 39.0 Å². The van der Waals surface area contributed by atoms with Crippen LogP contribution in [0, 0.1) is 11.8 Å². The summed E-state index contributed by atoms with van der Waals surface area (Å²) in [5, 5.41) is 0. The van der Waals surface area contributed by atoms with Crippen molar-refractivity contribution >= 4 is 23.4 Å². The van der Waals surface area contributed by atoms with Gasteiger partial charge in [0.1, 0.15) is 0 Å². The molecule has 0 saturated carbocycles. The molecule has 0 aromatic heterocycles. The third-order valence-corrected chi connectivity index (χ3v) is 5.84. The van der Waals surface area contributed by atoms with Crippen LogP contribution in [-0.4, -0.2) is 35.7 Å². The van der Waals surface area contributed by atoms with Gasteiger partial charge in [0.05, 0.1) is 17.5 Å². The van der Waals surface area contributed by atoms with Crippen molar-refractivity contribution in [2.75, 3.05) is 18.0 Å². The number of carbonyl (C=O) groups is 3. The Morgan fingerprint density at radius 2 is 1.62 bits per heavy atom. The van der Waals surface area contributed by atoms with E-state index < -0.39 is 0 Å². The van der Waals surface area contributed by atoms with E-state index in [2.05, 4.69) is 6.08 Å². The normalized spacial score (nSPS) is 26.0. The summed E-state index contributed by atoms with van der Waals surface area (Å²) < 4.78 is 0. The van der Waals surface area contributed by atoms with E-state index in [0.29, 0.717) is 24.1 Å². The molecule has 4 rings (SSSR count). The lowest BCUT2D eigenvalue weighted by molar-refractivity contribution is -0.122. The average Bonchev–Trinajstić information content (AvgIpc) is 2.92. The van der Waals surface area contributed by atoms with Crippen LogP contribution in [0.3, 0.4) is 0 Å². The number of hydrogen-bond acceptors (Lipinski definition) is 3. The molecule has 1 aromatic rings. The number of rotatable bonds is 2. The molecule has 0 bridgehead atoms. The van der Waals surface area contributed by atoms with Crippen LogP contribution in [0.4, 0.5) is 5.69 Å². The fraction of sp³-hybridized carbons (Fsp3) is 0.476. The summed E-state index contributed by atoms with van der Waals surface area (Å²) in [4.78, 5) is 41.3. The third kappa shape index (κ3) is 2.85. The summed E-state index contributed by atoms with van der Waals surface area (Å²) in [5.74, 6) is -0.659. The molecule has 2 fully saturated rings. The maximum Gasteiger partial charge on any atom is 0.253 e. The van der Waals surface area contributed by atoms with E-state index in [1.54, 1.807) is 24.3 Å². The van der Waals surface area contributed by atoms with Crippen LogP contribution in [0.1, 0.15) is 49.4 Å². The van der Waals surface area contributed by atoms with Crippen molar-refractivity contribution in [3.63, 3.8) is 0 Å². The van der Waals surface area contributed by atoms with E-state index in [1.165, 1.54) is 16.9 Å². The Balaban J connectivity index is 1.53. The smallest absolute Gasteiger partial charge is 0.253 e. The predicted octanol–water partition coefficient (Wildman–Crippen LogP) is 3.16. The van der Waals surface area contributed by atoms with Gasteiger partial charge in [0, 0.05) is 18.7 Å². The van der Waals surface area contributed by atoms with Crippen LogP contribution in [0.5, 0.6) is 0 Å². The minimum atomic E-state index is -0.235. The fourth-order valence-electron chi connectivity index (χ4n) is 4.32. The SMILES string of the molecule is CC1=CC[C@H]2C(=O)N(c3ccc(C(=O)N4CCCCC4)cc3)C(=O)[C@@H]2C1. The highest BCUT2D eigenvalue weighted by molar-refractivity contribution is 6.22. The standard InChI is InChI=1S/C21H24N2O3/c1-14-5-10-17-18(13-14)21(26)23(20(17)25)16-8-6-15(7-9-16)19(24)22-11-3-2-4-12-22/h5-9,17-18H,2-4,10-13H2,1H3/t17-,18-/m1/s1. The molecule has 136 valence electrons. The lowest BCUT2D eigenvalue weighted by atomic mass is 9.82. The van der Waals surface area contributed by atoms with E-state index in [1.807, 2.05) is 11.8 Å². The molecule has 3 amide bonds. The average molecular weight is 352 g/mol. The first-order valence-electron chi connectivity index (χ1n) is 9.49. The van der Waals surface area contributed by atoms with Crippen LogP contribution in [0.25, 0.3) is 0 Å². The highest BCUT2D eigenvalue weighted by Gasteiger charge is 2.48. The molecule has 5 heteroatoms. The van der Waals surface area contributed by atoms with E-state index in [-0.39, 0.29) is 29.6 Å². The van der Waals surface area contributed by atoms with Gasteiger partial charge in [-0.15, -0.1) is 0 Å². The second-order valence-electron chi connectivity index (χ2n) is 7.61. The lowest BCUT2D eigenvalue weighted by Gasteiger charge is -2.26. The Morgan fingerprint density at radius 1 is 0.962 bits per heavy atom. The van der Waals surface area contributed by atoms with E-state index in [9.17, 15) is 14.4 Å². The zero-order chi connectivity index (χ0) is 18.3. The summed E-state index contributed by atoms with van der Waals surface area (Å²) in [6.07, 6.45) is 6.66. The topological polar surface area (TPSA) is 57.7 Å². The van der Waals surface area contributed by atoms with Crippen molar-refractivity contribution in [1.29, 1.82) is 0 Å². The van der Waals surface area contributed by atoms with Crippen molar-refractivity contribution in [1.82, 2.24) is 4.90 Å².